The lowest BCUT2D eigenvalue weighted by Gasteiger charge is -2.06. The summed E-state index contributed by atoms with van der Waals surface area (Å²) in [4.78, 5) is 31.8. The topological polar surface area (TPSA) is 110 Å². The third-order valence-corrected chi connectivity index (χ3v) is 2.19. The Labute approximate surface area is 103 Å². The number of carboxylic acid groups (broad SMARTS) is 1. The molecule has 7 heteroatoms. The Morgan fingerprint density at radius 1 is 1.39 bits per heavy atom. The lowest BCUT2D eigenvalue weighted by molar-refractivity contribution is -0.383. The minimum absolute atomic E-state index is 0.0791. The fourth-order valence-corrected chi connectivity index (χ4v) is 1.34. The molecule has 1 amide bonds. The van der Waals surface area contributed by atoms with Crippen molar-refractivity contribution >= 4 is 23.3 Å². The van der Waals surface area contributed by atoms with Gasteiger partial charge in [-0.1, -0.05) is 6.07 Å². The molecule has 18 heavy (non-hydrogen) atoms. The molecule has 0 saturated heterocycles. The standard InChI is InChI=1S/C11H12N2O5/c1-7-2-3-9(13(17)18)8(6-7)12-10(14)4-5-11(15)16/h2-3,6H,4-5H2,1H3,(H,12,14)(H,15,16). The van der Waals surface area contributed by atoms with Gasteiger partial charge < -0.3 is 10.4 Å². The smallest absolute Gasteiger partial charge is 0.303 e. The summed E-state index contributed by atoms with van der Waals surface area (Å²) in [6, 6.07) is 4.32. The van der Waals surface area contributed by atoms with Crippen molar-refractivity contribution in [2.24, 2.45) is 0 Å². The summed E-state index contributed by atoms with van der Waals surface area (Å²) in [5.41, 5.74) is 0.619. The summed E-state index contributed by atoms with van der Waals surface area (Å²) in [6.07, 6.45) is -0.536. The molecule has 1 rings (SSSR count). The number of hydrogen-bond donors (Lipinski definition) is 2. The Kier molecular flexibility index (Phi) is 4.36. The van der Waals surface area contributed by atoms with Crippen LogP contribution in [-0.4, -0.2) is 21.9 Å². The van der Waals surface area contributed by atoms with Crippen molar-refractivity contribution in [1.82, 2.24) is 0 Å². The number of nitro benzene ring substituents is 1. The minimum atomic E-state index is -1.09. The molecular formula is C11H12N2O5. The van der Waals surface area contributed by atoms with Gasteiger partial charge in [0.25, 0.3) is 5.69 Å². The number of carboxylic acids is 1. The van der Waals surface area contributed by atoms with Gasteiger partial charge in [-0.15, -0.1) is 0 Å². The molecule has 0 aliphatic heterocycles. The molecule has 0 bridgehead atoms. The third kappa shape index (κ3) is 3.85. The normalized spacial score (nSPS) is 9.83. The second-order valence-electron chi connectivity index (χ2n) is 3.72. The maximum absolute atomic E-state index is 11.4. The third-order valence-electron chi connectivity index (χ3n) is 2.19. The monoisotopic (exact) mass is 252 g/mol. The zero-order valence-electron chi connectivity index (χ0n) is 9.67. The summed E-state index contributed by atoms with van der Waals surface area (Å²) >= 11 is 0. The quantitative estimate of drug-likeness (QED) is 0.612. The van der Waals surface area contributed by atoms with Gasteiger partial charge in [-0.25, -0.2) is 0 Å². The summed E-state index contributed by atoms with van der Waals surface area (Å²) in [5.74, 6) is -1.66. The summed E-state index contributed by atoms with van der Waals surface area (Å²) in [5, 5.41) is 21.5. The van der Waals surface area contributed by atoms with Crippen molar-refractivity contribution in [3.63, 3.8) is 0 Å². The molecule has 96 valence electrons. The molecule has 0 heterocycles. The average Bonchev–Trinajstić information content (AvgIpc) is 2.26. The van der Waals surface area contributed by atoms with Crippen molar-refractivity contribution in [1.29, 1.82) is 0 Å². The first-order valence-electron chi connectivity index (χ1n) is 5.17. The highest BCUT2D eigenvalue weighted by atomic mass is 16.6. The lowest BCUT2D eigenvalue weighted by atomic mass is 10.2. The van der Waals surface area contributed by atoms with E-state index in [-0.39, 0.29) is 24.2 Å². The van der Waals surface area contributed by atoms with E-state index < -0.39 is 16.8 Å². The van der Waals surface area contributed by atoms with Crippen LogP contribution < -0.4 is 5.32 Å². The zero-order valence-corrected chi connectivity index (χ0v) is 9.67. The Balaban J connectivity index is 2.82. The number of nitrogens with one attached hydrogen (secondary N) is 1. The van der Waals surface area contributed by atoms with Crippen LogP contribution in [0, 0.1) is 17.0 Å². The maximum Gasteiger partial charge on any atom is 0.303 e. The van der Waals surface area contributed by atoms with Crippen LogP contribution in [0.3, 0.4) is 0 Å². The number of amides is 1. The molecule has 0 aliphatic carbocycles. The maximum atomic E-state index is 11.4. The molecule has 1 aromatic carbocycles. The molecule has 0 unspecified atom stereocenters. The van der Waals surface area contributed by atoms with E-state index in [1.54, 1.807) is 13.0 Å². The van der Waals surface area contributed by atoms with E-state index in [1.807, 2.05) is 0 Å². The van der Waals surface area contributed by atoms with Gasteiger partial charge in [0, 0.05) is 12.5 Å². The van der Waals surface area contributed by atoms with Crippen LogP contribution in [0.2, 0.25) is 0 Å². The van der Waals surface area contributed by atoms with Crippen molar-refractivity contribution in [3.8, 4) is 0 Å². The highest BCUT2D eigenvalue weighted by Crippen LogP contribution is 2.25. The number of aryl methyl sites for hydroxylation is 1. The van der Waals surface area contributed by atoms with Crippen LogP contribution in [0.25, 0.3) is 0 Å². The van der Waals surface area contributed by atoms with Crippen molar-refractivity contribution in [3.05, 3.63) is 33.9 Å². The Morgan fingerprint density at radius 3 is 2.61 bits per heavy atom. The van der Waals surface area contributed by atoms with Gasteiger partial charge in [0.2, 0.25) is 5.91 Å². The molecule has 2 N–H and O–H groups in total. The number of aliphatic carboxylic acids is 1. The van der Waals surface area contributed by atoms with E-state index in [0.29, 0.717) is 0 Å². The van der Waals surface area contributed by atoms with Crippen LogP contribution in [0.5, 0.6) is 0 Å². The predicted octanol–water partition coefficient (Wildman–Crippen LogP) is 1.71. The van der Waals surface area contributed by atoms with Gasteiger partial charge in [0.15, 0.2) is 0 Å². The van der Waals surface area contributed by atoms with Crippen LogP contribution in [0.1, 0.15) is 18.4 Å². The summed E-state index contributed by atoms with van der Waals surface area (Å²) in [7, 11) is 0. The molecule has 0 saturated carbocycles. The van der Waals surface area contributed by atoms with E-state index in [1.165, 1.54) is 12.1 Å². The van der Waals surface area contributed by atoms with E-state index in [2.05, 4.69) is 5.32 Å². The largest absolute Gasteiger partial charge is 0.481 e. The molecule has 1 aromatic rings. The summed E-state index contributed by atoms with van der Waals surface area (Å²) < 4.78 is 0. The van der Waals surface area contributed by atoms with Crippen molar-refractivity contribution in [2.75, 3.05) is 5.32 Å². The highest BCUT2D eigenvalue weighted by molar-refractivity contribution is 5.94. The van der Waals surface area contributed by atoms with Gasteiger partial charge in [-0.05, 0) is 18.6 Å². The first-order valence-corrected chi connectivity index (χ1v) is 5.17. The lowest BCUT2D eigenvalue weighted by Crippen LogP contribution is -2.14. The van der Waals surface area contributed by atoms with Gasteiger partial charge in [0.05, 0.1) is 11.3 Å². The average molecular weight is 252 g/mol. The van der Waals surface area contributed by atoms with E-state index in [9.17, 15) is 19.7 Å². The van der Waals surface area contributed by atoms with E-state index in [4.69, 9.17) is 5.11 Å². The molecule has 0 aliphatic rings. The second kappa shape index (κ2) is 5.76. The highest BCUT2D eigenvalue weighted by Gasteiger charge is 2.16. The molecule has 0 radical (unpaired) electrons. The number of nitro groups is 1. The Morgan fingerprint density at radius 2 is 2.06 bits per heavy atom. The van der Waals surface area contributed by atoms with Crippen LogP contribution in [0.4, 0.5) is 11.4 Å². The van der Waals surface area contributed by atoms with Crippen LogP contribution >= 0.6 is 0 Å². The van der Waals surface area contributed by atoms with E-state index in [0.717, 1.165) is 5.56 Å². The molecule has 0 aromatic heterocycles. The first kappa shape index (κ1) is 13.6. The number of carbonyl (C=O) groups excluding carboxylic acids is 1. The minimum Gasteiger partial charge on any atom is -0.481 e. The molecule has 0 atom stereocenters. The van der Waals surface area contributed by atoms with Crippen molar-refractivity contribution in [2.45, 2.75) is 19.8 Å². The predicted molar refractivity (Wildman–Crippen MR) is 63.3 cm³/mol. The number of benzene rings is 1. The molecular weight excluding hydrogens is 240 g/mol. The first-order chi connectivity index (χ1) is 8.40. The summed E-state index contributed by atoms with van der Waals surface area (Å²) in [6.45, 7) is 1.73. The number of carbonyl (C=O) groups is 2. The Hall–Kier alpha value is -2.44. The second-order valence-corrected chi connectivity index (χ2v) is 3.72. The zero-order chi connectivity index (χ0) is 13.7. The van der Waals surface area contributed by atoms with Gasteiger partial charge >= 0.3 is 5.97 Å². The fourth-order valence-electron chi connectivity index (χ4n) is 1.34. The van der Waals surface area contributed by atoms with Gasteiger partial charge in [-0.3, -0.25) is 19.7 Å². The molecule has 7 nitrogen and oxygen atoms in total. The van der Waals surface area contributed by atoms with Crippen LogP contribution in [0.15, 0.2) is 18.2 Å². The van der Waals surface area contributed by atoms with Gasteiger partial charge in [-0.2, -0.15) is 0 Å². The van der Waals surface area contributed by atoms with Crippen LogP contribution in [-0.2, 0) is 9.59 Å². The number of nitrogens with zero attached hydrogens (tertiary/aromatic N) is 1. The molecule has 0 fully saturated rings. The fraction of sp³-hybridized carbons (Fsp3) is 0.273. The van der Waals surface area contributed by atoms with Crippen molar-refractivity contribution < 1.29 is 19.6 Å². The van der Waals surface area contributed by atoms with E-state index >= 15 is 0 Å². The molecule has 0 spiro atoms. The number of rotatable bonds is 5. The number of anilines is 1. The van der Waals surface area contributed by atoms with Gasteiger partial charge in [0.1, 0.15) is 5.69 Å². The number of hydrogen-bond acceptors (Lipinski definition) is 4. The SMILES string of the molecule is Cc1ccc([N+](=O)[O-])c(NC(=O)CCC(=O)O)c1. The Bertz CT molecular complexity index is 498.